The molecule has 186 valence electrons. The van der Waals surface area contributed by atoms with E-state index in [0.29, 0.717) is 34.4 Å². The lowest BCUT2D eigenvalue weighted by Crippen LogP contribution is -2.35. The molecule has 2 aromatic carbocycles. The minimum Gasteiger partial charge on any atom is -0.494 e. The molecule has 7 nitrogen and oxygen atoms in total. The number of nitrogens with one attached hydrogen (secondary N) is 1. The molecule has 1 unspecified atom stereocenters. The lowest BCUT2D eigenvalue weighted by Gasteiger charge is -2.33. The minimum absolute atomic E-state index is 0.177. The van der Waals surface area contributed by atoms with Crippen LogP contribution < -0.4 is 10.1 Å². The Morgan fingerprint density at radius 2 is 1.94 bits per heavy atom. The Bertz CT molecular complexity index is 1400. The van der Waals surface area contributed by atoms with Crippen molar-refractivity contribution in [3.63, 3.8) is 0 Å². The lowest BCUT2D eigenvalue weighted by molar-refractivity contribution is 0.141. The predicted octanol–water partition coefficient (Wildman–Crippen LogP) is 5.77. The molecule has 1 atom stereocenters. The third-order valence-electron chi connectivity index (χ3n) is 5.84. The molecular weight excluding hydrogens is 495 g/mol. The zero-order valence-corrected chi connectivity index (χ0v) is 20.1. The molecule has 1 N–H and O–H groups in total. The van der Waals surface area contributed by atoms with Gasteiger partial charge in [-0.3, -0.25) is 0 Å². The smallest absolute Gasteiger partial charge is 0.196 e. The van der Waals surface area contributed by atoms with Crippen LogP contribution in [0.1, 0.15) is 23.7 Å². The van der Waals surface area contributed by atoms with Crippen molar-refractivity contribution in [1.29, 1.82) is 0 Å². The normalized spacial score (nSPS) is 17.3. The highest BCUT2D eigenvalue weighted by Crippen LogP contribution is 2.35. The number of benzene rings is 2. The molecule has 0 saturated heterocycles. The van der Waals surface area contributed by atoms with Gasteiger partial charge in [0.1, 0.15) is 12.4 Å². The Hall–Kier alpha value is -3.92. The number of aryl methyl sites for hydroxylation is 1. The van der Waals surface area contributed by atoms with Crippen LogP contribution in [0.15, 0.2) is 71.0 Å². The lowest BCUT2D eigenvalue weighted by atomic mass is 10.0. The number of halogens is 4. The molecule has 5 rings (SSSR count). The van der Waals surface area contributed by atoms with Crippen LogP contribution in [-0.2, 0) is 4.84 Å². The second kappa shape index (κ2) is 9.62. The standard InChI is InChI=1S/C25H21ClF3N5O2/c1-14-11-33(13-30-14)22-4-3-17(10-23(22)35-2)31-20-9-16(26)12-34-21(5-6-36-32-25(20)34)15-7-18(27)24(29)19(28)8-15/h3-4,7-13,21,31H,5-6H2,1-2H3. The first-order chi connectivity index (χ1) is 17.3. The Balaban J connectivity index is 1.47. The number of hydrogen-bond acceptors (Lipinski definition) is 6. The number of allylic oxidation sites excluding steroid dienone is 2. The van der Waals surface area contributed by atoms with E-state index < -0.39 is 23.5 Å². The van der Waals surface area contributed by atoms with Crippen LogP contribution in [-0.4, -0.2) is 34.0 Å². The van der Waals surface area contributed by atoms with Gasteiger partial charge in [-0.25, -0.2) is 18.2 Å². The first-order valence-corrected chi connectivity index (χ1v) is 11.4. The zero-order valence-electron chi connectivity index (χ0n) is 19.3. The van der Waals surface area contributed by atoms with Crippen LogP contribution in [0.4, 0.5) is 18.9 Å². The van der Waals surface area contributed by atoms with E-state index in [0.717, 1.165) is 23.5 Å². The van der Waals surface area contributed by atoms with Crippen LogP contribution in [0.5, 0.6) is 5.75 Å². The van der Waals surface area contributed by atoms with Crippen LogP contribution in [0.3, 0.4) is 0 Å². The maximum atomic E-state index is 14.0. The summed E-state index contributed by atoms with van der Waals surface area (Å²) in [6, 6.07) is 6.88. The maximum Gasteiger partial charge on any atom is 0.196 e. The summed E-state index contributed by atoms with van der Waals surface area (Å²) < 4.78 is 49.0. The zero-order chi connectivity index (χ0) is 25.4. The van der Waals surface area contributed by atoms with Crippen LogP contribution in [0, 0.1) is 24.4 Å². The summed E-state index contributed by atoms with van der Waals surface area (Å²) in [5.74, 6) is -3.11. The topological polar surface area (TPSA) is 63.9 Å². The van der Waals surface area contributed by atoms with Gasteiger partial charge in [-0.05, 0) is 42.8 Å². The van der Waals surface area contributed by atoms with E-state index in [1.807, 2.05) is 35.9 Å². The van der Waals surface area contributed by atoms with Gasteiger partial charge in [0.2, 0.25) is 0 Å². The van der Waals surface area contributed by atoms with Gasteiger partial charge >= 0.3 is 0 Å². The minimum atomic E-state index is -1.52. The summed E-state index contributed by atoms with van der Waals surface area (Å²) in [4.78, 5) is 11.3. The molecule has 3 heterocycles. The molecule has 0 amide bonds. The van der Waals surface area contributed by atoms with E-state index >= 15 is 0 Å². The van der Waals surface area contributed by atoms with Gasteiger partial charge in [0.15, 0.2) is 23.3 Å². The van der Waals surface area contributed by atoms with Gasteiger partial charge in [-0.1, -0.05) is 16.8 Å². The number of aromatic nitrogens is 2. The largest absolute Gasteiger partial charge is 0.494 e. The Morgan fingerprint density at radius 1 is 1.17 bits per heavy atom. The third kappa shape index (κ3) is 4.51. The average molecular weight is 516 g/mol. The molecule has 1 aromatic heterocycles. The summed E-state index contributed by atoms with van der Waals surface area (Å²) in [5, 5.41) is 7.83. The second-order valence-electron chi connectivity index (χ2n) is 8.26. The molecular formula is C25H21ClF3N5O2. The molecule has 0 saturated carbocycles. The quantitative estimate of drug-likeness (QED) is 0.437. The molecule has 0 radical (unpaired) electrons. The number of oxime groups is 1. The second-order valence-corrected chi connectivity index (χ2v) is 8.70. The monoisotopic (exact) mass is 515 g/mol. The first kappa shape index (κ1) is 23.8. The number of methoxy groups -OCH3 is 1. The highest BCUT2D eigenvalue weighted by molar-refractivity contribution is 6.32. The van der Waals surface area contributed by atoms with Crippen LogP contribution >= 0.6 is 11.6 Å². The van der Waals surface area contributed by atoms with E-state index in [1.165, 1.54) is 0 Å². The molecule has 11 heteroatoms. The SMILES string of the molecule is COc1cc(NC2=CC(Cl)=CN3C2=NOCCC3c2cc(F)c(F)c(F)c2)ccc1-n1cnc(C)c1. The molecule has 36 heavy (non-hydrogen) atoms. The van der Waals surface area contributed by atoms with Crippen molar-refractivity contribution in [2.45, 2.75) is 19.4 Å². The molecule has 0 spiro atoms. The number of hydrogen-bond donors (Lipinski definition) is 1. The van der Waals surface area contributed by atoms with Crippen LogP contribution in [0.25, 0.3) is 5.69 Å². The summed E-state index contributed by atoms with van der Waals surface area (Å²) >= 11 is 6.42. The summed E-state index contributed by atoms with van der Waals surface area (Å²) in [6.45, 7) is 2.08. The number of amidine groups is 1. The van der Waals surface area contributed by atoms with E-state index in [-0.39, 0.29) is 12.2 Å². The third-order valence-corrected chi connectivity index (χ3v) is 6.05. The van der Waals surface area contributed by atoms with Crippen molar-refractivity contribution in [2.24, 2.45) is 5.16 Å². The van der Waals surface area contributed by atoms with E-state index in [2.05, 4.69) is 15.5 Å². The van der Waals surface area contributed by atoms with Gasteiger partial charge < -0.3 is 24.4 Å². The fourth-order valence-electron chi connectivity index (χ4n) is 4.18. The molecule has 0 fully saturated rings. The highest BCUT2D eigenvalue weighted by atomic mass is 35.5. The maximum absolute atomic E-state index is 14.0. The van der Waals surface area contributed by atoms with E-state index in [1.54, 1.807) is 30.6 Å². The number of anilines is 1. The van der Waals surface area contributed by atoms with Crippen molar-refractivity contribution in [1.82, 2.24) is 14.5 Å². The number of ether oxygens (including phenoxy) is 1. The van der Waals surface area contributed by atoms with Crippen molar-refractivity contribution in [3.05, 3.63) is 94.6 Å². The summed E-state index contributed by atoms with van der Waals surface area (Å²) in [5.41, 5.74) is 3.07. The Labute approximate surface area is 210 Å². The number of imidazole rings is 1. The average Bonchev–Trinajstić information content (AvgIpc) is 3.17. The van der Waals surface area contributed by atoms with Gasteiger partial charge in [0, 0.05) is 30.6 Å². The van der Waals surface area contributed by atoms with Crippen LogP contribution in [0.2, 0.25) is 0 Å². The van der Waals surface area contributed by atoms with Crippen molar-refractivity contribution < 1.29 is 22.7 Å². The van der Waals surface area contributed by atoms with E-state index in [4.69, 9.17) is 21.2 Å². The van der Waals surface area contributed by atoms with Gasteiger partial charge in [-0.2, -0.15) is 0 Å². The number of rotatable bonds is 5. The molecule has 0 aliphatic carbocycles. The number of fused-ring (bicyclic) bond motifs is 1. The Morgan fingerprint density at radius 3 is 2.64 bits per heavy atom. The predicted molar refractivity (Wildman–Crippen MR) is 129 cm³/mol. The fraction of sp³-hybridized carbons (Fsp3) is 0.200. The Kier molecular flexibility index (Phi) is 6.36. The molecule has 3 aromatic rings. The first-order valence-electron chi connectivity index (χ1n) is 11.0. The van der Waals surface area contributed by atoms with Crippen molar-refractivity contribution in [2.75, 3.05) is 19.0 Å². The van der Waals surface area contributed by atoms with Gasteiger partial charge in [0.05, 0.1) is 41.6 Å². The molecule has 2 aliphatic rings. The fourth-order valence-corrected chi connectivity index (χ4v) is 4.40. The van der Waals surface area contributed by atoms with Crippen molar-refractivity contribution >= 4 is 23.1 Å². The molecule has 0 bridgehead atoms. The summed E-state index contributed by atoms with van der Waals surface area (Å²) in [6.07, 6.45) is 7.17. The van der Waals surface area contributed by atoms with Gasteiger partial charge in [-0.15, -0.1) is 0 Å². The number of nitrogens with zero attached hydrogens (tertiary/aromatic N) is 4. The van der Waals surface area contributed by atoms with Crippen molar-refractivity contribution in [3.8, 4) is 11.4 Å². The highest BCUT2D eigenvalue weighted by Gasteiger charge is 2.32. The molecule has 2 aliphatic heterocycles. The van der Waals surface area contributed by atoms with Gasteiger partial charge in [0.25, 0.3) is 0 Å². The van der Waals surface area contributed by atoms with E-state index in [9.17, 15) is 13.2 Å². The summed E-state index contributed by atoms with van der Waals surface area (Å²) in [7, 11) is 1.57.